The van der Waals surface area contributed by atoms with Crippen LogP contribution >= 0.6 is 0 Å². The molecular formula is C21H24N4O3. The Balaban J connectivity index is 1.54. The summed E-state index contributed by atoms with van der Waals surface area (Å²) in [6.45, 7) is 1.34. The molecule has 0 unspecified atom stereocenters. The second kappa shape index (κ2) is 7.50. The number of pyridine rings is 1. The lowest BCUT2D eigenvalue weighted by Gasteiger charge is -2.32. The lowest BCUT2D eigenvalue weighted by atomic mass is 9.91. The number of fused-ring (bicyclic) bond motifs is 1. The number of hydrogen-bond donors (Lipinski definition) is 0. The summed E-state index contributed by atoms with van der Waals surface area (Å²) < 4.78 is 12.6. The highest BCUT2D eigenvalue weighted by atomic mass is 16.5. The molecule has 2 aromatic heterocycles. The number of amides is 1. The Bertz CT molecular complexity index is 984. The summed E-state index contributed by atoms with van der Waals surface area (Å²) >= 11 is 0. The second-order valence-corrected chi connectivity index (χ2v) is 6.99. The zero-order chi connectivity index (χ0) is 19.7. The molecule has 0 spiro atoms. The molecule has 0 saturated carbocycles. The van der Waals surface area contributed by atoms with Crippen LogP contribution in [0.4, 0.5) is 0 Å². The summed E-state index contributed by atoms with van der Waals surface area (Å²) in [7, 11) is 5.06. The first kappa shape index (κ1) is 18.3. The van der Waals surface area contributed by atoms with Crippen molar-refractivity contribution < 1.29 is 14.3 Å². The van der Waals surface area contributed by atoms with Gasteiger partial charge >= 0.3 is 0 Å². The van der Waals surface area contributed by atoms with E-state index in [1.165, 1.54) is 0 Å². The summed E-state index contributed by atoms with van der Waals surface area (Å²) in [5.74, 6) is 1.33. The topological polar surface area (TPSA) is 69.5 Å². The molecule has 1 saturated heterocycles. The molecule has 7 heteroatoms. The number of methoxy groups -OCH3 is 2. The van der Waals surface area contributed by atoms with E-state index >= 15 is 0 Å². The number of carbonyl (C=O) groups is 1. The van der Waals surface area contributed by atoms with Crippen LogP contribution in [-0.2, 0) is 7.05 Å². The summed E-state index contributed by atoms with van der Waals surface area (Å²) in [5.41, 5.74) is 2.46. The SMILES string of the molecule is COc1cccc(OC)c1C(=O)N1CCC(c2nn(C)c3ncccc23)CC1. The summed E-state index contributed by atoms with van der Waals surface area (Å²) in [6.07, 6.45) is 3.52. The Hall–Kier alpha value is -3.09. The van der Waals surface area contributed by atoms with E-state index in [9.17, 15) is 4.79 Å². The average molecular weight is 380 g/mol. The molecule has 1 aliphatic rings. The molecule has 1 amide bonds. The third-order valence-corrected chi connectivity index (χ3v) is 5.44. The number of piperidine rings is 1. The van der Waals surface area contributed by atoms with Crippen LogP contribution in [0.15, 0.2) is 36.5 Å². The first-order chi connectivity index (χ1) is 13.6. The Morgan fingerprint density at radius 3 is 2.39 bits per heavy atom. The lowest BCUT2D eigenvalue weighted by Crippen LogP contribution is -2.38. The van der Waals surface area contributed by atoms with Crippen molar-refractivity contribution in [1.82, 2.24) is 19.7 Å². The van der Waals surface area contributed by atoms with Crippen LogP contribution in [0.25, 0.3) is 11.0 Å². The monoisotopic (exact) mass is 380 g/mol. The summed E-state index contributed by atoms with van der Waals surface area (Å²) in [4.78, 5) is 19.5. The van der Waals surface area contributed by atoms with E-state index in [2.05, 4.69) is 11.1 Å². The molecule has 7 nitrogen and oxygen atoms in total. The van der Waals surface area contributed by atoms with E-state index in [-0.39, 0.29) is 5.91 Å². The minimum absolute atomic E-state index is 0.0553. The van der Waals surface area contributed by atoms with Crippen LogP contribution in [0.2, 0.25) is 0 Å². The first-order valence-corrected chi connectivity index (χ1v) is 9.42. The zero-order valence-electron chi connectivity index (χ0n) is 16.4. The van der Waals surface area contributed by atoms with Crippen molar-refractivity contribution in [3.05, 3.63) is 47.8 Å². The van der Waals surface area contributed by atoms with Crippen molar-refractivity contribution in [3.63, 3.8) is 0 Å². The Labute approximate surface area is 163 Å². The van der Waals surface area contributed by atoms with Crippen molar-refractivity contribution >= 4 is 16.9 Å². The van der Waals surface area contributed by atoms with Gasteiger partial charge in [0.2, 0.25) is 0 Å². The van der Waals surface area contributed by atoms with Gasteiger partial charge in [-0.25, -0.2) is 4.98 Å². The summed E-state index contributed by atoms with van der Waals surface area (Å²) in [6, 6.07) is 9.41. The molecule has 0 bridgehead atoms. The second-order valence-electron chi connectivity index (χ2n) is 6.99. The van der Waals surface area contributed by atoms with E-state index < -0.39 is 0 Å². The highest BCUT2D eigenvalue weighted by Gasteiger charge is 2.30. The molecule has 1 aromatic carbocycles. The van der Waals surface area contributed by atoms with E-state index in [4.69, 9.17) is 14.6 Å². The van der Waals surface area contributed by atoms with Crippen LogP contribution in [0, 0.1) is 0 Å². The molecule has 3 aromatic rings. The van der Waals surface area contributed by atoms with E-state index in [1.807, 2.05) is 28.8 Å². The van der Waals surface area contributed by atoms with Gasteiger partial charge in [-0.1, -0.05) is 6.07 Å². The number of likely N-dealkylation sites (tertiary alicyclic amines) is 1. The van der Waals surface area contributed by atoms with Crippen molar-refractivity contribution in [2.24, 2.45) is 7.05 Å². The molecule has 0 radical (unpaired) electrons. The van der Waals surface area contributed by atoms with Gasteiger partial charge in [0.15, 0.2) is 5.65 Å². The van der Waals surface area contributed by atoms with Crippen LogP contribution < -0.4 is 9.47 Å². The fourth-order valence-electron chi connectivity index (χ4n) is 4.00. The Kier molecular flexibility index (Phi) is 4.90. The van der Waals surface area contributed by atoms with Gasteiger partial charge in [-0.15, -0.1) is 0 Å². The maximum absolute atomic E-state index is 13.2. The number of ether oxygens (including phenoxy) is 2. The van der Waals surface area contributed by atoms with Gasteiger partial charge in [-0.2, -0.15) is 5.10 Å². The number of aryl methyl sites for hydroxylation is 1. The van der Waals surface area contributed by atoms with Gasteiger partial charge in [0, 0.05) is 37.6 Å². The van der Waals surface area contributed by atoms with Gasteiger partial charge in [-0.3, -0.25) is 9.48 Å². The molecule has 0 aliphatic carbocycles. The number of benzene rings is 1. The third-order valence-electron chi connectivity index (χ3n) is 5.44. The number of rotatable bonds is 4. The van der Waals surface area contributed by atoms with Gasteiger partial charge < -0.3 is 14.4 Å². The lowest BCUT2D eigenvalue weighted by molar-refractivity contribution is 0.0705. The number of carbonyl (C=O) groups excluding carboxylic acids is 1. The van der Waals surface area contributed by atoms with Crippen LogP contribution in [0.1, 0.15) is 34.8 Å². The number of nitrogens with zero attached hydrogens (tertiary/aromatic N) is 4. The normalized spacial score (nSPS) is 15.0. The Morgan fingerprint density at radius 1 is 1.07 bits per heavy atom. The average Bonchev–Trinajstić information content (AvgIpc) is 3.09. The van der Waals surface area contributed by atoms with Gasteiger partial charge in [-0.05, 0) is 37.1 Å². The van der Waals surface area contributed by atoms with Crippen LogP contribution in [0.5, 0.6) is 11.5 Å². The van der Waals surface area contributed by atoms with Gasteiger partial charge in [0.1, 0.15) is 17.1 Å². The van der Waals surface area contributed by atoms with Gasteiger partial charge in [0.25, 0.3) is 5.91 Å². The molecule has 0 atom stereocenters. The fraction of sp³-hybridized carbons (Fsp3) is 0.381. The number of aromatic nitrogens is 3. The molecule has 1 fully saturated rings. The van der Waals surface area contributed by atoms with E-state index in [0.717, 1.165) is 29.6 Å². The van der Waals surface area contributed by atoms with Crippen molar-refractivity contribution in [2.75, 3.05) is 27.3 Å². The van der Waals surface area contributed by atoms with E-state index in [1.54, 1.807) is 32.5 Å². The smallest absolute Gasteiger partial charge is 0.261 e. The minimum atomic E-state index is -0.0553. The van der Waals surface area contributed by atoms with Crippen LogP contribution in [0.3, 0.4) is 0 Å². The highest BCUT2D eigenvalue weighted by molar-refractivity contribution is 5.99. The quantitative estimate of drug-likeness (QED) is 0.696. The fourth-order valence-corrected chi connectivity index (χ4v) is 4.00. The Morgan fingerprint density at radius 2 is 1.75 bits per heavy atom. The van der Waals surface area contributed by atoms with Crippen molar-refractivity contribution in [2.45, 2.75) is 18.8 Å². The molecule has 3 heterocycles. The molecule has 28 heavy (non-hydrogen) atoms. The standard InChI is InChI=1S/C21H24N4O3/c1-24-20-15(6-5-11-22-20)19(23-24)14-9-12-25(13-10-14)21(26)18-16(27-2)7-4-8-17(18)28-3/h4-8,11,14H,9-10,12-13H2,1-3H3. The summed E-state index contributed by atoms with van der Waals surface area (Å²) in [5, 5.41) is 5.81. The van der Waals surface area contributed by atoms with E-state index in [0.29, 0.717) is 36.1 Å². The predicted octanol–water partition coefficient (Wildman–Crippen LogP) is 3.01. The van der Waals surface area contributed by atoms with Crippen LogP contribution in [-0.4, -0.2) is 52.9 Å². The third kappa shape index (κ3) is 3.06. The predicted molar refractivity (Wildman–Crippen MR) is 106 cm³/mol. The highest BCUT2D eigenvalue weighted by Crippen LogP contribution is 2.34. The molecular weight excluding hydrogens is 356 g/mol. The maximum atomic E-state index is 13.2. The number of hydrogen-bond acceptors (Lipinski definition) is 5. The maximum Gasteiger partial charge on any atom is 0.261 e. The molecule has 0 N–H and O–H groups in total. The van der Waals surface area contributed by atoms with Crippen molar-refractivity contribution in [3.8, 4) is 11.5 Å². The largest absolute Gasteiger partial charge is 0.496 e. The molecule has 146 valence electrons. The molecule has 1 aliphatic heterocycles. The minimum Gasteiger partial charge on any atom is -0.496 e. The van der Waals surface area contributed by atoms with Gasteiger partial charge in [0.05, 0.1) is 19.9 Å². The molecule has 4 rings (SSSR count). The zero-order valence-corrected chi connectivity index (χ0v) is 16.4. The first-order valence-electron chi connectivity index (χ1n) is 9.42. The van der Waals surface area contributed by atoms with Crippen molar-refractivity contribution in [1.29, 1.82) is 0 Å².